The highest BCUT2D eigenvalue weighted by atomic mass is 35.5. The minimum absolute atomic E-state index is 0.00551. The molecule has 7 nitrogen and oxygen atoms in total. The lowest BCUT2D eigenvalue weighted by Crippen LogP contribution is -2.54. The molecule has 1 fully saturated rings. The lowest BCUT2D eigenvalue weighted by molar-refractivity contribution is -0.140. The van der Waals surface area contributed by atoms with Gasteiger partial charge in [-0.1, -0.05) is 79.2 Å². The van der Waals surface area contributed by atoms with Gasteiger partial charge in [-0.15, -0.1) is 0 Å². The second-order valence-corrected chi connectivity index (χ2v) is 12.4. The summed E-state index contributed by atoms with van der Waals surface area (Å²) in [5.41, 5.74) is 0.774. The van der Waals surface area contributed by atoms with Gasteiger partial charge >= 0.3 is 0 Å². The Kier molecular flexibility index (Phi) is 10.5. The van der Waals surface area contributed by atoms with Crippen LogP contribution in [0.3, 0.4) is 0 Å². The highest BCUT2D eigenvalue weighted by Crippen LogP contribution is 2.29. The second kappa shape index (κ2) is 13.2. The molecule has 2 aromatic carbocycles. The van der Waals surface area contributed by atoms with E-state index >= 15 is 0 Å². The summed E-state index contributed by atoms with van der Waals surface area (Å²) < 4.78 is 26.4. The average Bonchev–Trinajstić information content (AvgIpc) is 2.84. The third kappa shape index (κ3) is 7.99. The van der Waals surface area contributed by atoms with E-state index < -0.39 is 28.5 Å². The first-order valence-electron chi connectivity index (χ1n) is 12.3. The van der Waals surface area contributed by atoms with Crippen molar-refractivity contribution in [2.75, 3.05) is 17.1 Å². The van der Waals surface area contributed by atoms with Crippen LogP contribution in [-0.2, 0) is 26.2 Å². The molecule has 0 bridgehead atoms. The minimum atomic E-state index is -3.87. The summed E-state index contributed by atoms with van der Waals surface area (Å²) in [5, 5.41) is 4.08. The number of hydrogen-bond donors (Lipinski definition) is 1. The van der Waals surface area contributed by atoms with Crippen molar-refractivity contribution in [2.24, 2.45) is 0 Å². The Balaban J connectivity index is 1.95. The number of halogens is 3. The summed E-state index contributed by atoms with van der Waals surface area (Å²) in [6, 6.07) is 10.5. The molecular weight excluding hydrogens is 557 g/mol. The molecule has 1 N–H and O–H groups in total. The van der Waals surface area contributed by atoms with Crippen molar-refractivity contribution in [1.82, 2.24) is 10.2 Å². The van der Waals surface area contributed by atoms with Crippen LogP contribution < -0.4 is 9.62 Å². The van der Waals surface area contributed by atoms with Crippen LogP contribution >= 0.6 is 34.8 Å². The lowest BCUT2D eigenvalue weighted by Gasteiger charge is -2.34. The number of carbonyl (C=O) groups excluding carboxylic acids is 2. The summed E-state index contributed by atoms with van der Waals surface area (Å²) in [5.74, 6) is -0.821. The topological polar surface area (TPSA) is 86.8 Å². The summed E-state index contributed by atoms with van der Waals surface area (Å²) in [6.45, 7) is 1.30. The molecule has 1 saturated carbocycles. The third-order valence-electron chi connectivity index (χ3n) is 6.49. The number of hydrogen-bond acceptors (Lipinski definition) is 4. The Hall–Kier alpha value is -2.00. The van der Waals surface area contributed by atoms with E-state index in [4.69, 9.17) is 34.8 Å². The monoisotopic (exact) mass is 587 g/mol. The van der Waals surface area contributed by atoms with Gasteiger partial charge in [0.05, 0.1) is 17.0 Å². The molecule has 2 aromatic rings. The Morgan fingerprint density at radius 2 is 1.70 bits per heavy atom. The van der Waals surface area contributed by atoms with Gasteiger partial charge in [-0.2, -0.15) is 0 Å². The van der Waals surface area contributed by atoms with Crippen LogP contribution in [0.25, 0.3) is 0 Å². The molecule has 0 heterocycles. The van der Waals surface area contributed by atoms with Crippen molar-refractivity contribution in [2.45, 2.75) is 64.1 Å². The van der Waals surface area contributed by atoms with Crippen LogP contribution in [0, 0.1) is 0 Å². The largest absolute Gasteiger partial charge is 0.352 e. The zero-order valence-corrected chi connectivity index (χ0v) is 24.0. The maximum atomic E-state index is 13.8. The van der Waals surface area contributed by atoms with Gasteiger partial charge in [0, 0.05) is 22.6 Å². The number of anilines is 1. The summed E-state index contributed by atoms with van der Waals surface area (Å²) in [6.07, 6.45) is 6.38. The van der Waals surface area contributed by atoms with E-state index in [-0.39, 0.29) is 29.2 Å². The second-order valence-electron chi connectivity index (χ2n) is 9.25. The molecule has 37 heavy (non-hydrogen) atoms. The summed E-state index contributed by atoms with van der Waals surface area (Å²) in [4.78, 5) is 28.6. The average molecular weight is 589 g/mol. The van der Waals surface area contributed by atoms with E-state index in [0.29, 0.717) is 22.0 Å². The first-order chi connectivity index (χ1) is 17.5. The van der Waals surface area contributed by atoms with Crippen LogP contribution in [-0.4, -0.2) is 50.0 Å². The van der Waals surface area contributed by atoms with Gasteiger partial charge in [-0.05, 0) is 49.1 Å². The molecule has 1 aliphatic carbocycles. The number of amides is 2. The molecule has 1 aliphatic rings. The van der Waals surface area contributed by atoms with Gasteiger partial charge in [-0.3, -0.25) is 13.9 Å². The fraction of sp³-hybridized carbons (Fsp3) is 0.462. The van der Waals surface area contributed by atoms with Gasteiger partial charge in [0.15, 0.2) is 0 Å². The molecule has 1 atom stereocenters. The summed E-state index contributed by atoms with van der Waals surface area (Å²) >= 11 is 18.7. The number of benzene rings is 2. The van der Waals surface area contributed by atoms with Gasteiger partial charge < -0.3 is 10.2 Å². The van der Waals surface area contributed by atoms with Crippen molar-refractivity contribution in [3.05, 3.63) is 63.1 Å². The Morgan fingerprint density at radius 1 is 1.03 bits per heavy atom. The van der Waals surface area contributed by atoms with E-state index in [1.807, 2.05) is 6.92 Å². The molecule has 2 amide bonds. The van der Waals surface area contributed by atoms with E-state index in [2.05, 4.69) is 5.32 Å². The normalized spacial score (nSPS) is 15.2. The maximum Gasteiger partial charge on any atom is 0.244 e. The zero-order chi connectivity index (χ0) is 27.2. The molecule has 0 radical (unpaired) electrons. The number of nitrogens with zero attached hydrogens (tertiary/aromatic N) is 2. The quantitative estimate of drug-likeness (QED) is 0.388. The van der Waals surface area contributed by atoms with Crippen LogP contribution in [0.4, 0.5) is 5.69 Å². The third-order valence-corrected chi connectivity index (χ3v) is 8.53. The smallest absolute Gasteiger partial charge is 0.244 e. The van der Waals surface area contributed by atoms with Crippen molar-refractivity contribution < 1.29 is 18.0 Å². The molecule has 3 rings (SSSR count). The predicted octanol–water partition coefficient (Wildman–Crippen LogP) is 5.67. The molecule has 0 spiro atoms. The van der Waals surface area contributed by atoms with Crippen molar-refractivity contribution in [3.8, 4) is 0 Å². The fourth-order valence-electron chi connectivity index (χ4n) is 4.55. The number of sulfonamides is 1. The van der Waals surface area contributed by atoms with Crippen LogP contribution in [0.5, 0.6) is 0 Å². The number of rotatable bonds is 10. The van der Waals surface area contributed by atoms with Crippen LogP contribution in [0.2, 0.25) is 15.1 Å². The van der Waals surface area contributed by atoms with E-state index in [1.54, 1.807) is 36.4 Å². The molecule has 0 aromatic heterocycles. The van der Waals surface area contributed by atoms with Gasteiger partial charge in [0.1, 0.15) is 12.6 Å². The number of carbonyl (C=O) groups is 2. The molecule has 1 unspecified atom stereocenters. The molecule has 202 valence electrons. The standard InChI is InChI=1S/C26H32Cl3N3O4S/c1-3-23(26(34)30-20-9-5-4-6-10-20)31(16-18-13-14-19(27)15-22(18)29)25(33)17-32(37(2,35)36)24-12-8-7-11-21(24)28/h7-8,11-15,20,23H,3-6,9-10,16-17H2,1-2H3,(H,30,34). The first-order valence-corrected chi connectivity index (χ1v) is 15.3. The Labute approximate surface area is 234 Å². The lowest BCUT2D eigenvalue weighted by atomic mass is 9.95. The van der Waals surface area contributed by atoms with Gasteiger partial charge in [0.2, 0.25) is 21.8 Å². The number of nitrogens with one attached hydrogen (secondary N) is 1. The molecular formula is C26H32Cl3N3O4S. The minimum Gasteiger partial charge on any atom is -0.352 e. The van der Waals surface area contributed by atoms with Crippen molar-refractivity contribution >= 4 is 62.3 Å². The SMILES string of the molecule is CCC(C(=O)NC1CCCCC1)N(Cc1ccc(Cl)cc1Cl)C(=O)CN(c1ccccc1Cl)S(C)(=O)=O. The summed E-state index contributed by atoms with van der Waals surface area (Å²) in [7, 11) is -3.87. The van der Waals surface area contributed by atoms with E-state index in [1.165, 1.54) is 11.0 Å². The van der Waals surface area contributed by atoms with Crippen molar-refractivity contribution in [1.29, 1.82) is 0 Å². The Morgan fingerprint density at radius 3 is 2.30 bits per heavy atom. The molecule has 0 saturated heterocycles. The highest BCUT2D eigenvalue weighted by Gasteiger charge is 2.33. The van der Waals surface area contributed by atoms with E-state index in [0.717, 1.165) is 42.7 Å². The fourth-order valence-corrected chi connectivity index (χ4v) is 6.16. The first kappa shape index (κ1) is 29.6. The number of para-hydroxylation sites is 1. The zero-order valence-electron chi connectivity index (χ0n) is 20.9. The van der Waals surface area contributed by atoms with Crippen LogP contribution in [0.1, 0.15) is 51.0 Å². The molecule has 11 heteroatoms. The van der Waals surface area contributed by atoms with E-state index in [9.17, 15) is 18.0 Å². The highest BCUT2D eigenvalue weighted by molar-refractivity contribution is 7.92. The Bertz CT molecular complexity index is 1220. The van der Waals surface area contributed by atoms with Crippen LogP contribution in [0.15, 0.2) is 42.5 Å². The molecule has 0 aliphatic heterocycles. The van der Waals surface area contributed by atoms with Crippen molar-refractivity contribution in [3.63, 3.8) is 0 Å². The van der Waals surface area contributed by atoms with Gasteiger partial charge in [0.25, 0.3) is 0 Å². The predicted molar refractivity (Wildman–Crippen MR) is 150 cm³/mol. The maximum absolute atomic E-state index is 13.8. The van der Waals surface area contributed by atoms with Gasteiger partial charge in [-0.25, -0.2) is 8.42 Å².